The molecule has 0 saturated carbocycles. The van der Waals surface area contributed by atoms with E-state index in [0.29, 0.717) is 6.54 Å². The van der Waals surface area contributed by atoms with Gasteiger partial charge in [0.1, 0.15) is 12.3 Å². The van der Waals surface area contributed by atoms with Crippen molar-refractivity contribution in [3.8, 4) is 16.9 Å². The number of benzene rings is 2. The lowest BCUT2D eigenvalue weighted by Gasteiger charge is -2.33. The molecule has 3 heteroatoms. The van der Waals surface area contributed by atoms with Gasteiger partial charge in [-0.2, -0.15) is 0 Å². The Kier molecular flexibility index (Phi) is 4.99. The van der Waals surface area contributed by atoms with E-state index in [1.165, 1.54) is 0 Å². The van der Waals surface area contributed by atoms with Gasteiger partial charge in [0.05, 0.1) is 20.7 Å². The lowest BCUT2D eigenvalue weighted by Crippen LogP contribution is -2.30. The van der Waals surface area contributed by atoms with E-state index in [0.717, 1.165) is 35.5 Å². The van der Waals surface area contributed by atoms with Crippen molar-refractivity contribution in [1.82, 2.24) is 0 Å². The summed E-state index contributed by atoms with van der Waals surface area (Å²) in [7, 11) is 3.31. The molecule has 0 saturated heterocycles. The van der Waals surface area contributed by atoms with Crippen LogP contribution in [0, 0.1) is 5.21 Å². The van der Waals surface area contributed by atoms with Crippen molar-refractivity contribution in [3.05, 3.63) is 59.3 Å². The maximum atomic E-state index is 11.7. The largest absolute Gasteiger partial charge is 0.633 e. The Labute approximate surface area is 127 Å². The Bertz CT molecular complexity index is 553. The summed E-state index contributed by atoms with van der Waals surface area (Å²) in [5.41, 5.74) is 3.36. The van der Waals surface area contributed by atoms with Crippen LogP contribution in [0.25, 0.3) is 11.1 Å². The molecule has 2 aromatic carbocycles. The molecule has 0 heterocycles. The molecule has 112 valence electrons. The van der Waals surface area contributed by atoms with Gasteiger partial charge < -0.3 is 14.6 Å². The zero-order chi connectivity index (χ0) is 15.3. The molecule has 0 aliphatic heterocycles. The summed E-state index contributed by atoms with van der Waals surface area (Å²) in [6, 6.07) is 16.3. The van der Waals surface area contributed by atoms with E-state index in [4.69, 9.17) is 4.74 Å². The molecule has 21 heavy (non-hydrogen) atoms. The summed E-state index contributed by atoms with van der Waals surface area (Å²) < 4.78 is 5.28. The Morgan fingerprint density at radius 3 is 1.90 bits per heavy atom. The SMILES string of the molecule is CCCOc1ccc(-c2ccc(C[N+](C)(C)[O-])cc2)cc1. The molecule has 0 aromatic heterocycles. The lowest BCUT2D eigenvalue weighted by molar-refractivity contribution is -0.853. The fraction of sp³-hybridized carbons (Fsp3) is 0.333. The number of hydrogen-bond donors (Lipinski definition) is 0. The topological polar surface area (TPSA) is 32.3 Å². The van der Waals surface area contributed by atoms with Crippen molar-refractivity contribution in [2.24, 2.45) is 0 Å². The van der Waals surface area contributed by atoms with Gasteiger partial charge in [-0.1, -0.05) is 43.3 Å². The zero-order valence-corrected chi connectivity index (χ0v) is 13.0. The van der Waals surface area contributed by atoms with E-state index in [-0.39, 0.29) is 4.65 Å². The molecule has 0 amide bonds. The second-order valence-corrected chi connectivity index (χ2v) is 5.80. The van der Waals surface area contributed by atoms with Crippen molar-refractivity contribution < 1.29 is 9.38 Å². The molecule has 2 rings (SSSR count). The van der Waals surface area contributed by atoms with Crippen LogP contribution in [0.4, 0.5) is 0 Å². The van der Waals surface area contributed by atoms with Gasteiger partial charge in [-0.15, -0.1) is 0 Å². The predicted octanol–water partition coefficient (Wildman–Crippen LogP) is 4.22. The minimum absolute atomic E-state index is 0.303. The molecule has 0 fully saturated rings. The first-order valence-corrected chi connectivity index (χ1v) is 7.34. The predicted molar refractivity (Wildman–Crippen MR) is 86.8 cm³/mol. The Morgan fingerprint density at radius 1 is 0.905 bits per heavy atom. The highest BCUT2D eigenvalue weighted by Crippen LogP contribution is 2.23. The molecule has 0 atom stereocenters. The zero-order valence-electron chi connectivity index (χ0n) is 13.0. The van der Waals surface area contributed by atoms with Gasteiger partial charge in [-0.3, -0.25) is 0 Å². The van der Waals surface area contributed by atoms with E-state index in [9.17, 15) is 5.21 Å². The number of hydroxylamine groups is 3. The van der Waals surface area contributed by atoms with Gasteiger partial charge in [-0.05, 0) is 29.7 Å². The van der Waals surface area contributed by atoms with Crippen molar-refractivity contribution in [3.63, 3.8) is 0 Å². The quantitative estimate of drug-likeness (QED) is 0.588. The molecule has 2 aromatic rings. The van der Waals surface area contributed by atoms with Gasteiger partial charge in [-0.25, -0.2) is 0 Å². The van der Waals surface area contributed by atoms with Crippen LogP contribution in [-0.4, -0.2) is 25.3 Å². The molecule has 0 bridgehead atoms. The minimum atomic E-state index is -0.303. The smallest absolute Gasteiger partial charge is 0.119 e. The maximum absolute atomic E-state index is 11.7. The minimum Gasteiger partial charge on any atom is -0.633 e. The van der Waals surface area contributed by atoms with Crippen molar-refractivity contribution in [2.45, 2.75) is 19.9 Å². The molecule has 3 nitrogen and oxygen atoms in total. The van der Waals surface area contributed by atoms with Gasteiger partial charge >= 0.3 is 0 Å². The summed E-state index contributed by atoms with van der Waals surface area (Å²) in [5.74, 6) is 0.905. The van der Waals surface area contributed by atoms with Crippen LogP contribution in [0.5, 0.6) is 5.75 Å². The van der Waals surface area contributed by atoms with Crippen LogP contribution in [0.15, 0.2) is 48.5 Å². The van der Waals surface area contributed by atoms with Gasteiger partial charge in [0.2, 0.25) is 0 Å². The summed E-state index contributed by atoms with van der Waals surface area (Å²) in [5, 5.41) is 11.7. The maximum Gasteiger partial charge on any atom is 0.119 e. The fourth-order valence-corrected chi connectivity index (χ4v) is 2.21. The van der Waals surface area contributed by atoms with Gasteiger partial charge in [0.15, 0.2) is 0 Å². The molecule has 0 spiro atoms. The molecule has 0 aliphatic carbocycles. The van der Waals surface area contributed by atoms with Crippen LogP contribution < -0.4 is 4.74 Å². The summed E-state index contributed by atoms with van der Waals surface area (Å²) in [6.45, 7) is 3.33. The Morgan fingerprint density at radius 2 is 1.43 bits per heavy atom. The second-order valence-electron chi connectivity index (χ2n) is 5.80. The number of nitrogens with zero attached hydrogens (tertiary/aromatic N) is 1. The summed E-state index contributed by atoms with van der Waals surface area (Å²) in [6.07, 6.45) is 1.01. The van der Waals surface area contributed by atoms with Crippen molar-refractivity contribution >= 4 is 0 Å². The third-order valence-electron chi connectivity index (χ3n) is 3.18. The number of hydrogen-bond acceptors (Lipinski definition) is 2. The average Bonchev–Trinajstić information content (AvgIpc) is 2.45. The van der Waals surface area contributed by atoms with E-state index < -0.39 is 0 Å². The number of rotatable bonds is 6. The normalized spacial score (nSPS) is 11.4. The third kappa shape index (κ3) is 4.88. The van der Waals surface area contributed by atoms with Crippen LogP contribution in [0.1, 0.15) is 18.9 Å². The average molecular weight is 285 g/mol. The standard InChI is InChI=1S/C18H23NO2/c1-4-13-21-18-11-9-17(10-12-18)16-7-5-15(6-8-16)14-19(2,3)20/h5-12H,4,13-14H2,1-3H3. The summed E-state index contributed by atoms with van der Waals surface area (Å²) in [4.78, 5) is 0. The van der Waals surface area contributed by atoms with Crippen LogP contribution in [0.2, 0.25) is 0 Å². The van der Waals surface area contributed by atoms with Crippen LogP contribution in [-0.2, 0) is 6.54 Å². The summed E-state index contributed by atoms with van der Waals surface area (Å²) >= 11 is 0. The van der Waals surface area contributed by atoms with Crippen LogP contribution >= 0.6 is 0 Å². The number of quaternary nitrogens is 1. The van der Waals surface area contributed by atoms with E-state index >= 15 is 0 Å². The van der Waals surface area contributed by atoms with E-state index in [1.54, 1.807) is 14.1 Å². The van der Waals surface area contributed by atoms with Crippen molar-refractivity contribution in [2.75, 3.05) is 20.7 Å². The molecule has 0 aliphatic rings. The molecular formula is C18H23NO2. The fourth-order valence-electron chi connectivity index (χ4n) is 2.21. The monoisotopic (exact) mass is 285 g/mol. The first-order valence-electron chi connectivity index (χ1n) is 7.34. The van der Waals surface area contributed by atoms with Gasteiger partial charge in [0, 0.05) is 5.56 Å². The molecular weight excluding hydrogens is 262 g/mol. The number of ether oxygens (including phenoxy) is 1. The second kappa shape index (κ2) is 6.74. The highest BCUT2D eigenvalue weighted by molar-refractivity contribution is 5.64. The molecule has 0 radical (unpaired) electrons. The van der Waals surface area contributed by atoms with E-state index in [1.807, 2.05) is 24.3 Å². The molecule has 0 N–H and O–H groups in total. The first kappa shape index (κ1) is 15.5. The first-order chi connectivity index (χ1) is 9.98. The van der Waals surface area contributed by atoms with Crippen molar-refractivity contribution in [1.29, 1.82) is 0 Å². The Hall–Kier alpha value is -1.84. The van der Waals surface area contributed by atoms with Gasteiger partial charge in [0.25, 0.3) is 0 Å². The molecule has 0 unspecified atom stereocenters. The lowest BCUT2D eigenvalue weighted by atomic mass is 10.0. The Balaban J connectivity index is 2.08. The van der Waals surface area contributed by atoms with E-state index in [2.05, 4.69) is 31.2 Å². The van der Waals surface area contributed by atoms with Crippen LogP contribution in [0.3, 0.4) is 0 Å². The third-order valence-corrected chi connectivity index (χ3v) is 3.18. The highest BCUT2D eigenvalue weighted by Gasteiger charge is 2.05. The highest BCUT2D eigenvalue weighted by atomic mass is 16.5.